The first-order valence-electron chi connectivity index (χ1n) is 7.69. The number of nitrogens with zero attached hydrogens (tertiary/aromatic N) is 3. The SMILES string of the molecule is CCCc1cc(CNC)cc(N2CCC(N(C)C)C2)n1. The molecule has 0 spiro atoms. The van der Waals surface area contributed by atoms with E-state index in [9.17, 15) is 0 Å². The van der Waals surface area contributed by atoms with E-state index in [0.717, 1.165) is 38.3 Å². The lowest BCUT2D eigenvalue weighted by Gasteiger charge is -2.22. The van der Waals surface area contributed by atoms with Gasteiger partial charge in [-0.25, -0.2) is 4.98 Å². The molecule has 0 radical (unpaired) electrons. The van der Waals surface area contributed by atoms with Gasteiger partial charge in [-0.05, 0) is 51.7 Å². The third kappa shape index (κ3) is 3.70. The fourth-order valence-electron chi connectivity index (χ4n) is 2.86. The predicted octanol–water partition coefficient (Wildman–Crippen LogP) is 1.89. The van der Waals surface area contributed by atoms with Crippen LogP contribution in [0.25, 0.3) is 0 Å². The summed E-state index contributed by atoms with van der Waals surface area (Å²) < 4.78 is 0. The van der Waals surface area contributed by atoms with Crippen molar-refractivity contribution in [1.29, 1.82) is 0 Å². The molecule has 1 aromatic heterocycles. The Labute approximate surface area is 123 Å². The molecule has 0 amide bonds. The molecule has 20 heavy (non-hydrogen) atoms. The molecule has 1 aliphatic heterocycles. The van der Waals surface area contributed by atoms with Crippen LogP contribution in [0.3, 0.4) is 0 Å². The number of aryl methyl sites for hydroxylation is 1. The van der Waals surface area contributed by atoms with Crippen LogP contribution in [0.2, 0.25) is 0 Å². The maximum atomic E-state index is 4.86. The van der Waals surface area contributed by atoms with Crippen LogP contribution < -0.4 is 10.2 Å². The van der Waals surface area contributed by atoms with Crippen LogP contribution in [-0.2, 0) is 13.0 Å². The van der Waals surface area contributed by atoms with Gasteiger partial charge in [0.25, 0.3) is 0 Å². The Bertz CT molecular complexity index is 406. The summed E-state index contributed by atoms with van der Waals surface area (Å²) in [5, 5.41) is 3.24. The summed E-state index contributed by atoms with van der Waals surface area (Å²) >= 11 is 0. The van der Waals surface area contributed by atoms with Crippen molar-refractivity contribution in [2.24, 2.45) is 0 Å². The van der Waals surface area contributed by atoms with Crippen molar-refractivity contribution >= 4 is 5.82 Å². The number of likely N-dealkylation sites (N-methyl/N-ethyl adjacent to an activating group) is 1. The zero-order valence-electron chi connectivity index (χ0n) is 13.3. The topological polar surface area (TPSA) is 31.4 Å². The van der Waals surface area contributed by atoms with Crippen LogP contribution in [-0.4, -0.2) is 50.2 Å². The van der Waals surface area contributed by atoms with Gasteiger partial charge in [0, 0.05) is 31.4 Å². The zero-order chi connectivity index (χ0) is 14.5. The van der Waals surface area contributed by atoms with E-state index >= 15 is 0 Å². The predicted molar refractivity (Wildman–Crippen MR) is 85.3 cm³/mol. The summed E-state index contributed by atoms with van der Waals surface area (Å²) in [5.41, 5.74) is 2.57. The van der Waals surface area contributed by atoms with E-state index in [1.807, 2.05) is 7.05 Å². The number of pyridine rings is 1. The van der Waals surface area contributed by atoms with Crippen molar-refractivity contribution in [2.45, 2.75) is 38.8 Å². The number of nitrogens with one attached hydrogen (secondary N) is 1. The molecule has 1 atom stereocenters. The number of rotatable bonds is 6. The normalized spacial score (nSPS) is 19.1. The molecule has 2 heterocycles. The Morgan fingerprint density at radius 2 is 2.20 bits per heavy atom. The summed E-state index contributed by atoms with van der Waals surface area (Å²) in [6.45, 7) is 5.33. The van der Waals surface area contributed by atoms with Crippen LogP contribution >= 0.6 is 0 Å². The third-order valence-electron chi connectivity index (χ3n) is 4.03. The minimum absolute atomic E-state index is 0.652. The van der Waals surface area contributed by atoms with E-state index in [1.165, 1.54) is 17.7 Å². The molecule has 1 saturated heterocycles. The molecular formula is C16H28N4. The Morgan fingerprint density at radius 3 is 2.80 bits per heavy atom. The van der Waals surface area contributed by atoms with Crippen molar-refractivity contribution in [3.05, 3.63) is 23.4 Å². The highest BCUT2D eigenvalue weighted by Gasteiger charge is 2.25. The largest absolute Gasteiger partial charge is 0.355 e. The maximum absolute atomic E-state index is 4.86. The van der Waals surface area contributed by atoms with Gasteiger partial charge in [-0.15, -0.1) is 0 Å². The van der Waals surface area contributed by atoms with Crippen molar-refractivity contribution in [1.82, 2.24) is 15.2 Å². The van der Waals surface area contributed by atoms with Gasteiger partial charge in [0.05, 0.1) is 0 Å². The summed E-state index contributed by atoms with van der Waals surface area (Å²) in [5.74, 6) is 1.16. The molecule has 112 valence electrons. The van der Waals surface area contributed by atoms with Gasteiger partial charge in [0.1, 0.15) is 5.82 Å². The van der Waals surface area contributed by atoms with Crippen LogP contribution in [0, 0.1) is 0 Å². The second-order valence-electron chi connectivity index (χ2n) is 5.96. The number of aromatic nitrogens is 1. The van der Waals surface area contributed by atoms with Crippen molar-refractivity contribution in [3.8, 4) is 0 Å². The summed E-state index contributed by atoms with van der Waals surface area (Å²) in [7, 11) is 6.33. The summed E-state index contributed by atoms with van der Waals surface area (Å²) in [4.78, 5) is 9.62. The van der Waals surface area contributed by atoms with E-state index in [2.05, 4.69) is 48.3 Å². The lowest BCUT2D eigenvalue weighted by Crippen LogP contribution is -2.31. The first-order chi connectivity index (χ1) is 9.63. The van der Waals surface area contributed by atoms with Gasteiger partial charge >= 0.3 is 0 Å². The zero-order valence-corrected chi connectivity index (χ0v) is 13.3. The highest BCUT2D eigenvalue weighted by atomic mass is 15.3. The molecule has 0 aliphatic carbocycles. The minimum atomic E-state index is 0.652. The van der Waals surface area contributed by atoms with Crippen LogP contribution in [0.1, 0.15) is 31.0 Å². The standard InChI is InChI=1S/C16H28N4/c1-5-6-14-9-13(11-17-2)10-16(18-14)20-8-7-15(12-20)19(3)4/h9-10,15,17H,5-8,11-12H2,1-4H3. The van der Waals surface area contributed by atoms with E-state index in [4.69, 9.17) is 4.98 Å². The average molecular weight is 276 g/mol. The third-order valence-corrected chi connectivity index (χ3v) is 4.03. The molecule has 4 nitrogen and oxygen atoms in total. The number of anilines is 1. The van der Waals surface area contributed by atoms with E-state index in [1.54, 1.807) is 0 Å². The first-order valence-corrected chi connectivity index (χ1v) is 7.69. The second-order valence-corrected chi connectivity index (χ2v) is 5.96. The fraction of sp³-hybridized carbons (Fsp3) is 0.688. The molecule has 1 N–H and O–H groups in total. The Kier molecular flexibility index (Phi) is 5.38. The summed E-state index contributed by atoms with van der Waals surface area (Å²) in [6.07, 6.45) is 3.44. The van der Waals surface area contributed by atoms with E-state index < -0.39 is 0 Å². The lowest BCUT2D eigenvalue weighted by atomic mass is 10.1. The molecule has 0 aromatic carbocycles. The van der Waals surface area contributed by atoms with Gasteiger partial charge in [0.2, 0.25) is 0 Å². The highest BCUT2D eigenvalue weighted by Crippen LogP contribution is 2.22. The smallest absolute Gasteiger partial charge is 0.129 e. The van der Waals surface area contributed by atoms with Crippen molar-refractivity contribution in [2.75, 3.05) is 39.1 Å². The average Bonchev–Trinajstić information content (AvgIpc) is 2.89. The first kappa shape index (κ1) is 15.3. The van der Waals surface area contributed by atoms with Gasteiger partial charge in [-0.3, -0.25) is 0 Å². The molecular weight excluding hydrogens is 248 g/mol. The quantitative estimate of drug-likeness (QED) is 0.860. The molecule has 0 bridgehead atoms. The second kappa shape index (κ2) is 7.04. The highest BCUT2D eigenvalue weighted by molar-refractivity contribution is 5.44. The maximum Gasteiger partial charge on any atom is 0.129 e. The van der Waals surface area contributed by atoms with Crippen LogP contribution in [0.15, 0.2) is 12.1 Å². The molecule has 1 fully saturated rings. The van der Waals surface area contributed by atoms with Crippen LogP contribution in [0.4, 0.5) is 5.82 Å². The Hall–Kier alpha value is -1.13. The van der Waals surface area contributed by atoms with Gasteiger partial charge in [-0.2, -0.15) is 0 Å². The van der Waals surface area contributed by atoms with Crippen molar-refractivity contribution < 1.29 is 0 Å². The van der Waals surface area contributed by atoms with E-state index in [-0.39, 0.29) is 0 Å². The fourth-order valence-corrected chi connectivity index (χ4v) is 2.86. The molecule has 1 unspecified atom stereocenters. The minimum Gasteiger partial charge on any atom is -0.355 e. The van der Waals surface area contributed by atoms with Crippen LogP contribution in [0.5, 0.6) is 0 Å². The van der Waals surface area contributed by atoms with E-state index in [0.29, 0.717) is 6.04 Å². The molecule has 2 rings (SSSR count). The van der Waals surface area contributed by atoms with Gasteiger partial charge < -0.3 is 15.1 Å². The monoisotopic (exact) mass is 276 g/mol. The molecule has 1 aliphatic rings. The Morgan fingerprint density at radius 1 is 1.40 bits per heavy atom. The number of hydrogen-bond acceptors (Lipinski definition) is 4. The Balaban J connectivity index is 2.17. The lowest BCUT2D eigenvalue weighted by molar-refractivity contribution is 0.315. The van der Waals surface area contributed by atoms with Gasteiger partial charge in [-0.1, -0.05) is 13.3 Å². The summed E-state index contributed by atoms with van der Waals surface area (Å²) in [6, 6.07) is 5.14. The molecule has 0 saturated carbocycles. The molecule has 4 heteroatoms. The van der Waals surface area contributed by atoms with Gasteiger partial charge in [0.15, 0.2) is 0 Å². The molecule has 1 aromatic rings. The van der Waals surface area contributed by atoms with Crippen molar-refractivity contribution in [3.63, 3.8) is 0 Å². The number of hydrogen-bond donors (Lipinski definition) is 1.